The fourth-order valence-corrected chi connectivity index (χ4v) is 1.45. The third kappa shape index (κ3) is 4.24. The maximum atomic E-state index is 5.56. The molecule has 92 valence electrons. The summed E-state index contributed by atoms with van der Waals surface area (Å²) in [6.07, 6.45) is 4.97. The molecule has 0 heterocycles. The molecule has 1 aliphatic rings. The number of methoxy groups -OCH3 is 1. The maximum Gasteiger partial charge on any atom is 0.118 e. The van der Waals surface area contributed by atoms with Gasteiger partial charge in [-0.1, -0.05) is 6.92 Å². The van der Waals surface area contributed by atoms with E-state index >= 15 is 0 Å². The van der Waals surface area contributed by atoms with Crippen molar-refractivity contribution in [2.75, 3.05) is 33.5 Å². The molecule has 1 aliphatic carbocycles. The van der Waals surface area contributed by atoms with E-state index in [2.05, 4.69) is 13.0 Å². The molecule has 2 N–H and O–H groups in total. The van der Waals surface area contributed by atoms with E-state index in [1.54, 1.807) is 7.11 Å². The van der Waals surface area contributed by atoms with E-state index in [0.29, 0.717) is 32.3 Å². The first-order valence-corrected chi connectivity index (χ1v) is 5.64. The minimum atomic E-state index is 0.404. The Bertz CT molecular complexity index is 261. The standard InChI is InChI=1S/C12H21NO3/c1-10-3-4-11(15-8-7-14-2)9-12(10)16-6-5-13/h4,9-10H,3,5-8,13H2,1-2H3. The second-order valence-electron chi connectivity index (χ2n) is 3.77. The Morgan fingerprint density at radius 1 is 1.31 bits per heavy atom. The molecule has 0 spiro atoms. The van der Waals surface area contributed by atoms with Crippen LogP contribution in [-0.2, 0) is 14.2 Å². The van der Waals surface area contributed by atoms with E-state index in [1.807, 2.05) is 6.08 Å². The molecule has 4 nitrogen and oxygen atoms in total. The second kappa shape index (κ2) is 7.30. The highest BCUT2D eigenvalue weighted by Crippen LogP contribution is 2.24. The zero-order valence-electron chi connectivity index (χ0n) is 10.1. The van der Waals surface area contributed by atoms with Gasteiger partial charge in [-0.15, -0.1) is 0 Å². The first-order chi connectivity index (χ1) is 7.77. The highest BCUT2D eigenvalue weighted by molar-refractivity contribution is 5.22. The zero-order chi connectivity index (χ0) is 11.8. The summed E-state index contributed by atoms with van der Waals surface area (Å²) in [7, 11) is 1.66. The molecule has 0 fully saturated rings. The normalized spacial score (nSPS) is 20.1. The van der Waals surface area contributed by atoms with Gasteiger partial charge in [0.15, 0.2) is 0 Å². The fraction of sp³-hybridized carbons (Fsp3) is 0.667. The lowest BCUT2D eigenvalue weighted by Crippen LogP contribution is -2.14. The van der Waals surface area contributed by atoms with E-state index in [4.69, 9.17) is 19.9 Å². The van der Waals surface area contributed by atoms with Crippen LogP contribution in [0, 0.1) is 5.92 Å². The number of hydrogen-bond acceptors (Lipinski definition) is 4. The molecular weight excluding hydrogens is 206 g/mol. The van der Waals surface area contributed by atoms with Crippen LogP contribution in [0.5, 0.6) is 0 Å². The summed E-state index contributed by atoms with van der Waals surface area (Å²) in [6, 6.07) is 0. The molecule has 0 radical (unpaired) electrons. The summed E-state index contributed by atoms with van der Waals surface area (Å²) in [5, 5.41) is 0. The van der Waals surface area contributed by atoms with Crippen molar-refractivity contribution < 1.29 is 14.2 Å². The quantitative estimate of drug-likeness (QED) is 0.668. The van der Waals surface area contributed by atoms with E-state index in [9.17, 15) is 0 Å². The van der Waals surface area contributed by atoms with Gasteiger partial charge in [-0.25, -0.2) is 0 Å². The van der Waals surface area contributed by atoms with Gasteiger partial charge in [-0.3, -0.25) is 0 Å². The highest BCUT2D eigenvalue weighted by Gasteiger charge is 2.15. The van der Waals surface area contributed by atoms with Crippen LogP contribution in [0.25, 0.3) is 0 Å². The summed E-state index contributed by atoms with van der Waals surface area (Å²) in [5.41, 5.74) is 5.41. The highest BCUT2D eigenvalue weighted by atomic mass is 16.5. The van der Waals surface area contributed by atoms with Crippen LogP contribution >= 0.6 is 0 Å². The zero-order valence-corrected chi connectivity index (χ0v) is 10.1. The van der Waals surface area contributed by atoms with Crippen LogP contribution in [-0.4, -0.2) is 33.5 Å². The lowest BCUT2D eigenvalue weighted by Gasteiger charge is -2.20. The third-order valence-electron chi connectivity index (χ3n) is 2.39. The molecular formula is C12H21NO3. The summed E-state index contributed by atoms with van der Waals surface area (Å²) in [6.45, 7) is 4.39. The Kier molecular flexibility index (Phi) is 5.96. The van der Waals surface area contributed by atoms with Gasteiger partial charge in [0, 0.05) is 25.6 Å². The van der Waals surface area contributed by atoms with Crippen molar-refractivity contribution in [3.05, 3.63) is 23.7 Å². The molecule has 0 aromatic rings. The summed E-state index contributed by atoms with van der Waals surface area (Å²) < 4.78 is 16.0. The first-order valence-electron chi connectivity index (χ1n) is 5.64. The van der Waals surface area contributed by atoms with Crippen molar-refractivity contribution >= 4 is 0 Å². The molecule has 0 aliphatic heterocycles. The number of ether oxygens (including phenoxy) is 3. The Morgan fingerprint density at radius 2 is 2.12 bits per heavy atom. The predicted octanol–water partition coefficient (Wildman–Crippen LogP) is 1.43. The Hall–Kier alpha value is -1.00. The average Bonchev–Trinajstić information content (AvgIpc) is 2.30. The van der Waals surface area contributed by atoms with Gasteiger partial charge < -0.3 is 19.9 Å². The molecule has 0 amide bonds. The van der Waals surface area contributed by atoms with Crippen LogP contribution in [0.3, 0.4) is 0 Å². The molecule has 1 rings (SSSR count). The van der Waals surface area contributed by atoms with Crippen molar-refractivity contribution in [3.63, 3.8) is 0 Å². The van der Waals surface area contributed by atoms with Crippen LogP contribution in [0.2, 0.25) is 0 Å². The SMILES string of the molecule is COCCOC1=CCC(C)C(OCCN)=C1. The molecule has 0 saturated carbocycles. The molecule has 1 unspecified atom stereocenters. The van der Waals surface area contributed by atoms with Crippen LogP contribution in [0.1, 0.15) is 13.3 Å². The Labute approximate surface area is 97.0 Å². The van der Waals surface area contributed by atoms with E-state index in [0.717, 1.165) is 17.9 Å². The van der Waals surface area contributed by atoms with Crippen LogP contribution in [0.4, 0.5) is 0 Å². The maximum absolute atomic E-state index is 5.56. The van der Waals surface area contributed by atoms with Crippen molar-refractivity contribution in [3.8, 4) is 0 Å². The molecule has 1 atom stereocenters. The predicted molar refractivity (Wildman–Crippen MR) is 62.8 cm³/mol. The monoisotopic (exact) mass is 227 g/mol. The van der Waals surface area contributed by atoms with Gasteiger partial charge in [0.2, 0.25) is 0 Å². The van der Waals surface area contributed by atoms with Gasteiger partial charge in [-0.05, 0) is 12.5 Å². The lowest BCUT2D eigenvalue weighted by molar-refractivity contribution is 0.110. The Morgan fingerprint density at radius 3 is 2.81 bits per heavy atom. The van der Waals surface area contributed by atoms with Crippen molar-refractivity contribution in [2.45, 2.75) is 13.3 Å². The molecule has 4 heteroatoms. The van der Waals surface area contributed by atoms with Gasteiger partial charge in [0.25, 0.3) is 0 Å². The number of hydrogen-bond donors (Lipinski definition) is 1. The molecule has 16 heavy (non-hydrogen) atoms. The van der Waals surface area contributed by atoms with Crippen LogP contribution in [0.15, 0.2) is 23.7 Å². The lowest BCUT2D eigenvalue weighted by atomic mass is 10.00. The van der Waals surface area contributed by atoms with Gasteiger partial charge >= 0.3 is 0 Å². The second-order valence-corrected chi connectivity index (χ2v) is 3.77. The van der Waals surface area contributed by atoms with E-state index in [-0.39, 0.29) is 0 Å². The Balaban J connectivity index is 2.43. The largest absolute Gasteiger partial charge is 0.496 e. The molecule has 0 bridgehead atoms. The minimum Gasteiger partial charge on any atom is -0.496 e. The molecule has 0 saturated heterocycles. The summed E-state index contributed by atoms with van der Waals surface area (Å²) in [4.78, 5) is 0. The molecule has 0 aromatic carbocycles. The van der Waals surface area contributed by atoms with Crippen molar-refractivity contribution in [2.24, 2.45) is 11.7 Å². The minimum absolute atomic E-state index is 0.404. The topological polar surface area (TPSA) is 53.7 Å². The molecule has 0 aromatic heterocycles. The van der Waals surface area contributed by atoms with Gasteiger partial charge in [0.05, 0.1) is 13.2 Å². The number of nitrogens with two attached hydrogens (primary N) is 1. The van der Waals surface area contributed by atoms with E-state index < -0.39 is 0 Å². The van der Waals surface area contributed by atoms with E-state index in [1.165, 1.54) is 0 Å². The third-order valence-corrected chi connectivity index (χ3v) is 2.39. The summed E-state index contributed by atoms with van der Waals surface area (Å²) in [5.74, 6) is 2.23. The van der Waals surface area contributed by atoms with Crippen LogP contribution < -0.4 is 5.73 Å². The first kappa shape index (κ1) is 13.1. The fourth-order valence-electron chi connectivity index (χ4n) is 1.45. The number of allylic oxidation sites excluding steroid dienone is 3. The number of rotatable bonds is 7. The smallest absolute Gasteiger partial charge is 0.118 e. The van der Waals surface area contributed by atoms with Crippen molar-refractivity contribution in [1.82, 2.24) is 0 Å². The van der Waals surface area contributed by atoms with Gasteiger partial charge in [-0.2, -0.15) is 0 Å². The summed E-state index contributed by atoms with van der Waals surface area (Å²) >= 11 is 0. The van der Waals surface area contributed by atoms with Crippen molar-refractivity contribution in [1.29, 1.82) is 0 Å². The average molecular weight is 227 g/mol. The van der Waals surface area contributed by atoms with Gasteiger partial charge in [0.1, 0.15) is 18.1 Å².